The minimum Gasteiger partial charge on any atom is -0.353 e. The van der Waals surface area contributed by atoms with Gasteiger partial charge in [0.25, 0.3) is 0 Å². The highest BCUT2D eigenvalue weighted by Gasteiger charge is 2.39. The molecule has 1 aliphatic heterocycles. The number of rotatable bonds is 1. The quantitative estimate of drug-likeness (QED) is 0.834. The van der Waals surface area contributed by atoms with Crippen molar-refractivity contribution in [3.8, 4) is 0 Å². The molecule has 0 fully saturated rings. The fourth-order valence-corrected chi connectivity index (χ4v) is 3.51. The Morgan fingerprint density at radius 1 is 1.12 bits per heavy atom. The lowest BCUT2D eigenvalue weighted by Crippen LogP contribution is -2.31. The number of Topliss-reactive ketones (excluding diaryl/α,β-unsaturated/α-hetero) is 1. The molecule has 1 atom stereocenters. The average molecular weight is 324 g/mol. The summed E-state index contributed by atoms with van der Waals surface area (Å²) in [4.78, 5) is 12.9. The summed E-state index contributed by atoms with van der Waals surface area (Å²) in [5, 5.41) is 14.4. The molecule has 0 amide bonds. The van der Waals surface area contributed by atoms with Crippen LogP contribution in [0.5, 0.6) is 0 Å². The third kappa shape index (κ3) is 2.48. The second-order valence-electron chi connectivity index (χ2n) is 7.41. The molecule has 2 N–H and O–H groups in total. The summed E-state index contributed by atoms with van der Waals surface area (Å²) in [6, 6.07) is 7.93. The van der Waals surface area contributed by atoms with E-state index < -0.39 is 0 Å². The molecule has 1 aromatic heterocycles. The van der Waals surface area contributed by atoms with Gasteiger partial charge < -0.3 is 10.6 Å². The summed E-state index contributed by atoms with van der Waals surface area (Å²) in [6.45, 7) is 6.26. The lowest BCUT2D eigenvalue weighted by atomic mass is 9.73. The largest absolute Gasteiger partial charge is 0.353 e. The highest BCUT2D eigenvalue weighted by atomic mass is 16.6. The Kier molecular flexibility index (Phi) is 3.23. The highest BCUT2D eigenvalue weighted by molar-refractivity contribution is 6.00. The van der Waals surface area contributed by atoms with Gasteiger partial charge in [0.05, 0.1) is 6.04 Å². The Morgan fingerprint density at radius 2 is 1.83 bits per heavy atom. The Morgan fingerprint density at radius 3 is 2.58 bits per heavy atom. The van der Waals surface area contributed by atoms with E-state index in [0.717, 1.165) is 23.3 Å². The Hall–Kier alpha value is -2.63. The number of carbonyl (C=O) groups is 1. The van der Waals surface area contributed by atoms with E-state index >= 15 is 0 Å². The number of hydrogen-bond donors (Lipinski definition) is 2. The van der Waals surface area contributed by atoms with Crippen LogP contribution in [0.15, 0.2) is 40.2 Å². The number of hydrogen-bond acceptors (Lipinski definition) is 6. The maximum atomic E-state index is 12.9. The predicted molar refractivity (Wildman–Crippen MR) is 90.5 cm³/mol. The standard InChI is InChI=1S/C18H20N4O2/c1-10-4-6-11(7-5-10)15-14-12(8-18(2,3)9-13(14)23)19-16-17(20-15)22-24-21-16/h4-7,15H,8-9H2,1-3H3,(H,19,21)(H,20,22). The van der Waals surface area contributed by atoms with Gasteiger partial charge in [0, 0.05) is 17.7 Å². The van der Waals surface area contributed by atoms with Crippen molar-refractivity contribution in [2.45, 2.75) is 39.7 Å². The van der Waals surface area contributed by atoms with E-state index in [-0.39, 0.29) is 17.2 Å². The molecule has 4 rings (SSSR count). The van der Waals surface area contributed by atoms with Crippen LogP contribution in [0.4, 0.5) is 11.6 Å². The van der Waals surface area contributed by atoms with Crippen LogP contribution in [0.3, 0.4) is 0 Å². The molecule has 124 valence electrons. The van der Waals surface area contributed by atoms with E-state index in [1.807, 2.05) is 19.1 Å². The molecule has 24 heavy (non-hydrogen) atoms. The first-order valence-electron chi connectivity index (χ1n) is 8.12. The summed E-state index contributed by atoms with van der Waals surface area (Å²) in [5.41, 5.74) is 3.81. The maximum Gasteiger partial charge on any atom is 0.219 e. The second-order valence-corrected chi connectivity index (χ2v) is 7.41. The first-order chi connectivity index (χ1) is 11.4. The van der Waals surface area contributed by atoms with E-state index in [0.29, 0.717) is 18.1 Å². The lowest BCUT2D eigenvalue weighted by Gasteiger charge is -2.34. The van der Waals surface area contributed by atoms with Crippen LogP contribution in [0.2, 0.25) is 0 Å². The van der Waals surface area contributed by atoms with E-state index in [4.69, 9.17) is 4.63 Å². The zero-order valence-corrected chi connectivity index (χ0v) is 14.0. The molecule has 0 radical (unpaired) electrons. The molecule has 2 heterocycles. The van der Waals surface area contributed by atoms with Crippen LogP contribution in [-0.2, 0) is 4.79 Å². The molecular formula is C18H20N4O2. The third-order valence-electron chi connectivity index (χ3n) is 4.66. The summed E-state index contributed by atoms with van der Waals surface area (Å²) in [7, 11) is 0. The van der Waals surface area contributed by atoms with Gasteiger partial charge >= 0.3 is 0 Å². The number of benzene rings is 1. The Balaban J connectivity index is 1.86. The number of aromatic nitrogens is 2. The van der Waals surface area contributed by atoms with Crippen LogP contribution in [0.1, 0.15) is 43.9 Å². The van der Waals surface area contributed by atoms with Crippen molar-refractivity contribution >= 4 is 17.4 Å². The van der Waals surface area contributed by atoms with Gasteiger partial charge in [0.15, 0.2) is 5.78 Å². The fourth-order valence-electron chi connectivity index (χ4n) is 3.51. The van der Waals surface area contributed by atoms with Gasteiger partial charge in [-0.05, 0) is 34.6 Å². The number of ketones is 1. The zero-order chi connectivity index (χ0) is 16.9. The van der Waals surface area contributed by atoms with Crippen LogP contribution in [0.25, 0.3) is 0 Å². The number of carbonyl (C=O) groups excluding carboxylic acids is 1. The van der Waals surface area contributed by atoms with Crippen LogP contribution >= 0.6 is 0 Å². The minimum absolute atomic E-state index is 0.0809. The molecule has 0 spiro atoms. The molecule has 0 saturated carbocycles. The molecule has 0 saturated heterocycles. The van der Waals surface area contributed by atoms with E-state index in [9.17, 15) is 4.79 Å². The summed E-state index contributed by atoms with van der Waals surface area (Å²) >= 11 is 0. The minimum atomic E-state index is -0.259. The fraction of sp³-hybridized carbons (Fsp3) is 0.389. The van der Waals surface area contributed by atoms with Crippen molar-refractivity contribution in [3.63, 3.8) is 0 Å². The molecule has 6 nitrogen and oxygen atoms in total. The van der Waals surface area contributed by atoms with Crippen molar-refractivity contribution in [1.29, 1.82) is 0 Å². The van der Waals surface area contributed by atoms with Gasteiger partial charge in [-0.3, -0.25) is 4.79 Å². The maximum absolute atomic E-state index is 12.9. The first kappa shape index (κ1) is 14.9. The van der Waals surface area contributed by atoms with Crippen molar-refractivity contribution in [2.75, 3.05) is 10.6 Å². The van der Waals surface area contributed by atoms with Gasteiger partial charge in [-0.1, -0.05) is 43.7 Å². The number of fused-ring (bicyclic) bond motifs is 1. The Bertz CT molecular complexity index is 833. The van der Waals surface area contributed by atoms with Crippen LogP contribution in [-0.4, -0.2) is 16.1 Å². The molecule has 6 heteroatoms. The smallest absolute Gasteiger partial charge is 0.219 e. The number of nitrogens with zero attached hydrogens (tertiary/aromatic N) is 2. The predicted octanol–water partition coefficient (Wildman–Crippen LogP) is 3.60. The number of anilines is 2. The molecule has 0 bridgehead atoms. The monoisotopic (exact) mass is 324 g/mol. The van der Waals surface area contributed by atoms with Crippen LogP contribution in [0, 0.1) is 12.3 Å². The third-order valence-corrected chi connectivity index (χ3v) is 4.66. The summed E-state index contributed by atoms with van der Waals surface area (Å²) in [5.74, 6) is 1.22. The lowest BCUT2D eigenvalue weighted by molar-refractivity contribution is -0.118. The molecular weight excluding hydrogens is 304 g/mol. The average Bonchev–Trinajstić information content (AvgIpc) is 2.86. The molecule has 1 aromatic carbocycles. The van der Waals surface area contributed by atoms with Gasteiger partial charge in [-0.15, -0.1) is 0 Å². The van der Waals surface area contributed by atoms with Gasteiger partial charge in [0.2, 0.25) is 11.6 Å². The molecule has 1 aliphatic carbocycles. The highest BCUT2D eigenvalue weighted by Crippen LogP contribution is 2.44. The molecule has 1 unspecified atom stereocenters. The van der Waals surface area contributed by atoms with E-state index in [1.54, 1.807) is 0 Å². The van der Waals surface area contributed by atoms with Gasteiger partial charge in [0.1, 0.15) is 0 Å². The summed E-state index contributed by atoms with van der Waals surface area (Å²) < 4.78 is 4.85. The molecule has 2 aromatic rings. The van der Waals surface area contributed by atoms with Crippen molar-refractivity contribution in [1.82, 2.24) is 10.3 Å². The second kappa shape index (κ2) is 5.19. The number of nitrogens with one attached hydrogen (secondary N) is 2. The molecule has 2 aliphatic rings. The first-order valence-corrected chi connectivity index (χ1v) is 8.12. The van der Waals surface area contributed by atoms with E-state index in [2.05, 4.69) is 46.9 Å². The van der Waals surface area contributed by atoms with Crippen molar-refractivity contribution in [2.24, 2.45) is 5.41 Å². The van der Waals surface area contributed by atoms with Crippen molar-refractivity contribution in [3.05, 3.63) is 46.7 Å². The van der Waals surface area contributed by atoms with Crippen LogP contribution < -0.4 is 10.6 Å². The van der Waals surface area contributed by atoms with Gasteiger partial charge in [-0.2, -0.15) is 0 Å². The normalized spacial score (nSPS) is 22.1. The summed E-state index contributed by atoms with van der Waals surface area (Å²) in [6.07, 6.45) is 1.32. The van der Waals surface area contributed by atoms with E-state index in [1.165, 1.54) is 5.56 Å². The Labute approximate surface area is 140 Å². The SMILES string of the molecule is Cc1ccc(C2Nc3nonc3NC3=C2C(=O)CC(C)(C)C3)cc1. The number of allylic oxidation sites excluding steroid dienone is 1. The van der Waals surface area contributed by atoms with Crippen molar-refractivity contribution < 1.29 is 9.42 Å². The van der Waals surface area contributed by atoms with Gasteiger partial charge in [-0.25, -0.2) is 4.63 Å². The zero-order valence-electron chi connectivity index (χ0n) is 14.0. The number of aryl methyl sites for hydroxylation is 1. The topological polar surface area (TPSA) is 80.1 Å².